The van der Waals surface area contributed by atoms with Crippen LogP contribution in [0.3, 0.4) is 0 Å². The molecule has 1 aromatic rings. The van der Waals surface area contributed by atoms with Crippen molar-refractivity contribution in [1.29, 1.82) is 0 Å². The predicted octanol–water partition coefficient (Wildman–Crippen LogP) is 1.57. The van der Waals surface area contributed by atoms with E-state index < -0.39 is 6.04 Å². The van der Waals surface area contributed by atoms with Crippen molar-refractivity contribution in [3.8, 4) is 11.5 Å². The molecule has 0 saturated carbocycles. The van der Waals surface area contributed by atoms with Crippen LogP contribution >= 0.6 is 12.4 Å². The minimum atomic E-state index is -0.617. The van der Waals surface area contributed by atoms with Crippen LogP contribution < -0.4 is 20.5 Å². The first-order chi connectivity index (χ1) is 11.8. The normalized spacial score (nSPS) is 11.3. The first-order valence-electron chi connectivity index (χ1n) is 8.35. The highest BCUT2D eigenvalue weighted by atomic mass is 35.5. The third-order valence-electron chi connectivity index (χ3n) is 3.99. The molecule has 2 amide bonds. The molecule has 0 aliphatic carbocycles. The van der Waals surface area contributed by atoms with E-state index in [-0.39, 0.29) is 36.7 Å². The number of hydrogen-bond donors (Lipinski definition) is 2. The SMILES string of the molecule is CCN(Cc1ccc(OC)c(OC)c1)C(=O)CNC(=O)[C@@H](N)C(C)C.Cl. The molecule has 0 aliphatic rings. The van der Waals surface area contributed by atoms with E-state index in [1.54, 1.807) is 25.2 Å². The summed E-state index contributed by atoms with van der Waals surface area (Å²) in [5, 5.41) is 2.61. The van der Waals surface area contributed by atoms with Gasteiger partial charge in [0.15, 0.2) is 11.5 Å². The summed E-state index contributed by atoms with van der Waals surface area (Å²) in [7, 11) is 3.14. The van der Waals surface area contributed by atoms with Gasteiger partial charge in [0.1, 0.15) is 0 Å². The van der Waals surface area contributed by atoms with Gasteiger partial charge in [-0.15, -0.1) is 12.4 Å². The van der Waals surface area contributed by atoms with Gasteiger partial charge in [-0.2, -0.15) is 0 Å². The van der Waals surface area contributed by atoms with Crippen LogP contribution in [0, 0.1) is 5.92 Å². The summed E-state index contributed by atoms with van der Waals surface area (Å²) in [4.78, 5) is 25.9. The Balaban J connectivity index is 0.00000625. The maximum Gasteiger partial charge on any atom is 0.242 e. The minimum absolute atomic E-state index is 0. The number of nitrogens with zero attached hydrogens (tertiary/aromatic N) is 1. The van der Waals surface area contributed by atoms with Crippen molar-refractivity contribution in [2.75, 3.05) is 27.3 Å². The Bertz CT molecular complexity index is 596. The van der Waals surface area contributed by atoms with Crippen LogP contribution in [-0.2, 0) is 16.1 Å². The van der Waals surface area contributed by atoms with Gasteiger partial charge in [0.05, 0.1) is 26.8 Å². The molecule has 0 aliphatic heterocycles. The third kappa shape index (κ3) is 6.72. The van der Waals surface area contributed by atoms with Crippen LogP contribution in [0.25, 0.3) is 0 Å². The van der Waals surface area contributed by atoms with Crippen LogP contribution in [0.2, 0.25) is 0 Å². The number of halogens is 1. The van der Waals surface area contributed by atoms with Gasteiger partial charge in [0.25, 0.3) is 0 Å². The Hall–Kier alpha value is -1.99. The predicted molar refractivity (Wildman–Crippen MR) is 104 cm³/mol. The molecular weight excluding hydrogens is 358 g/mol. The first kappa shape index (κ1) is 24.0. The van der Waals surface area contributed by atoms with E-state index in [1.807, 2.05) is 32.9 Å². The zero-order chi connectivity index (χ0) is 19.0. The first-order valence-corrected chi connectivity index (χ1v) is 8.35. The number of methoxy groups -OCH3 is 2. The number of ether oxygens (including phenoxy) is 2. The molecule has 0 heterocycles. The van der Waals surface area contributed by atoms with Crippen LogP contribution in [0.5, 0.6) is 11.5 Å². The highest BCUT2D eigenvalue weighted by Crippen LogP contribution is 2.28. The molecule has 8 heteroatoms. The van der Waals surface area contributed by atoms with E-state index in [4.69, 9.17) is 15.2 Å². The Morgan fingerprint density at radius 3 is 2.31 bits per heavy atom. The minimum Gasteiger partial charge on any atom is -0.493 e. The fourth-order valence-electron chi connectivity index (χ4n) is 2.27. The molecule has 0 bridgehead atoms. The topological polar surface area (TPSA) is 93.9 Å². The van der Waals surface area contributed by atoms with Gasteiger partial charge >= 0.3 is 0 Å². The van der Waals surface area contributed by atoms with Crippen LogP contribution in [0.15, 0.2) is 18.2 Å². The number of carbonyl (C=O) groups excluding carboxylic acids is 2. The molecule has 0 fully saturated rings. The molecule has 0 saturated heterocycles. The molecule has 3 N–H and O–H groups in total. The van der Waals surface area contributed by atoms with Gasteiger partial charge in [0, 0.05) is 13.1 Å². The van der Waals surface area contributed by atoms with E-state index in [1.165, 1.54) is 0 Å². The quantitative estimate of drug-likeness (QED) is 0.670. The molecule has 0 spiro atoms. The van der Waals surface area contributed by atoms with Crippen molar-refractivity contribution < 1.29 is 19.1 Å². The second kappa shape index (κ2) is 11.6. The number of amides is 2. The van der Waals surface area contributed by atoms with Crippen molar-refractivity contribution in [2.45, 2.75) is 33.4 Å². The molecule has 0 unspecified atom stereocenters. The van der Waals surface area contributed by atoms with Crippen molar-refractivity contribution in [3.05, 3.63) is 23.8 Å². The lowest BCUT2D eigenvalue weighted by Gasteiger charge is -2.22. The number of likely N-dealkylation sites (N-methyl/N-ethyl adjacent to an activating group) is 1. The lowest BCUT2D eigenvalue weighted by Crippen LogP contribution is -2.47. The Morgan fingerprint density at radius 2 is 1.81 bits per heavy atom. The molecule has 1 aromatic carbocycles. The lowest BCUT2D eigenvalue weighted by atomic mass is 10.1. The summed E-state index contributed by atoms with van der Waals surface area (Å²) in [6, 6.07) is 4.90. The van der Waals surface area contributed by atoms with Crippen molar-refractivity contribution in [3.63, 3.8) is 0 Å². The highest BCUT2D eigenvalue weighted by molar-refractivity contribution is 5.87. The number of carbonyl (C=O) groups is 2. The Labute approximate surface area is 161 Å². The largest absolute Gasteiger partial charge is 0.493 e. The molecule has 0 radical (unpaired) electrons. The molecule has 0 aromatic heterocycles. The molecule has 7 nitrogen and oxygen atoms in total. The molecule has 148 valence electrons. The molecule has 26 heavy (non-hydrogen) atoms. The van der Waals surface area contributed by atoms with E-state index in [2.05, 4.69) is 5.32 Å². The number of hydrogen-bond acceptors (Lipinski definition) is 5. The van der Waals surface area contributed by atoms with Gasteiger partial charge in [-0.25, -0.2) is 0 Å². The smallest absolute Gasteiger partial charge is 0.242 e. The fourth-order valence-corrected chi connectivity index (χ4v) is 2.27. The number of nitrogens with two attached hydrogens (primary N) is 1. The van der Waals surface area contributed by atoms with Crippen molar-refractivity contribution in [2.24, 2.45) is 11.7 Å². The van der Waals surface area contributed by atoms with Gasteiger partial charge in [-0.05, 0) is 30.5 Å². The summed E-state index contributed by atoms with van der Waals surface area (Å²) >= 11 is 0. The Morgan fingerprint density at radius 1 is 1.19 bits per heavy atom. The second-order valence-corrected chi connectivity index (χ2v) is 6.08. The number of nitrogens with one attached hydrogen (secondary N) is 1. The number of benzene rings is 1. The summed E-state index contributed by atoms with van der Waals surface area (Å²) in [6.07, 6.45) is 0. The monoisotopic (exact) mass is 387 g/mol. The molecule has 1 rings (SSSR count). The van der Waals surface area contributed by atoms with E-state index in [0.717, 1.165) is 5.56 Å². The highest BCUT2D eigenvalue weighted by Gasteiger charge is 2.19. The average molecular weight is 388 g/mol. The van der Waals surface area contributed by atoms with Gasteiger partial charge < -0.3 is 25.4 Å². The standard InChI is InChI=1S/C18H29N3O4.ClH/c1-6-21(16(22)10-20-18(23)17(19)12(2)3)11-13-7-8-14(24-4)15(9-13)25-5;/h7-9,12,17H,6,10-11,19H2,1-5H3,(H,20,23);1H/t17-;/m0./s1. The summed E-state index contributed by atoms with van der Waals surface area (Å²) < 4.78 is 10.5. The maximum absolute atomic E-state index is 12.4. The summed E-state index contributed by atoms with van der Waals surface area (Å²) in [6.45, 7) is 6.49. The van der Waals surface area contributed by atoms with Crippen molar-refractivity contribution in [1.82, 2.24) is 10.2 Å². The zero-order valence-electron chi connectivity index (χ0n) is 16.1. The van der Waals surface area contributed by atoms with E-state index in [0.29, 0.717) is 24.6 Å². The molecular formula is C18H30ClN3O4. The van der Waals surface area contributed by atoms with E-state index in [9.17, 15) is 9.59 Å². The fraction of sp³-hybridized carbons (Fsp3) is 0.556. The maximum atomic E-state index is 12.4. The molecule has 1 atom stereocenters. The lowest BCUT2D eigenvalue weighted by molar-refractivity contribution is -0.133. The van der Waals surface area contributed by atoms with Gasteiger partial charge in [-0.1, -0.05) is 19.9 Å². The van der Waals surface area contributed by atoms with Crippen LogP contribution in [-0.4, -0.2) is 50.1 Å². The average Bonchev–Trinajstić information content (AvgIpc) is 2.62. The van der Waals surface area contributed by atoms with Gasteiger partial charge in [-0.3, -0.25) is 9.59 Å². The number of rotatable bonds is 9. The second-order valence-electron chi connectivity index (χ2n) is 6.08. The Kier molecular flexibility index (Phi) is 10.7. The van der Waals surface area contributed by atoms with Crippen LogP contribution in [0.4, 0.5) is 0 Å². The van der Waals surface area contributed by atoms with Gasteiger partial charge in [0.2, 0.25) is 11.8 Å². The zero-order valence-corrected chi connectivity index (χ0v) is 16.9. The third-order valence-corrected chi connectivity index (χ3v) is 3.99. The van der Waals surface area contributed by atoms with Crippen LogP contribution in [0.1, 0.15) is 26.3 Å². The summed E-state index contributed by atoms with van der Waals surface area (Å²) in [5.41, 5.74) is 6.69. The van der Waals surface area contributed by atoms with E-state index >= 15 is 0 Å². The van der Waals surface area contributed by atoms with Crippen molar-refractivity contribution >= 4 is 24.2 Å². The summed E-state index contributed by atoms with van der Waals surface area (Å²) in [5.74, 6) is 0.784.